The van der Waals surface area contributed by atoms with Crippen LogP contribution >= 0.6 is 0 Å². The van der Waals surface area contributed by atoms with Gasteiger partial charge in [-0.2, -0.15) is 13.2 Å². The van der Waals surface area contributed by atoms with Gasteiger partial charge in [0.25, 0.3) is 0 Å². The summed E-state index contributed by atoms with van der Waals surface area (Å²) in [6, 6.07) is 9.16. The molecular weight excluding hydrogens is 379 g/mol. The molecule has 5 nitrogen and oxygen atoms in total. The van der Waals surface area contributed by atoms with Crippen LogP contribution in [-0.4, -0.2) is 31.1 Å². The van der Waals surface area contributed by atoms with Crippen LogP contribution in [0.1, 0.15) is 36.0 Å². The van der Waals surface area contributed by atoms with Crippen molar-refractivity contribution in [3.05, 3.63) is 59.3 Å². The zero-order valence-corrected chi connectivity index (χ0v) is 16.5. The third-order valence-electron chi connectivity index (χ3n) is 4.91. The minimum Gasteiger partial charge on any atom is -0.357 e. The maximum absolute atomic E-state index is 12.6. The molecule has 29 heavy (non-hydrogen) atoms. The van der Waals surface area contributed by atoms with Crippen LogP contribution in [0.25, 0.3) is 0 Å². The van der Waals surface area contributed by atoms with E-state index in [2.05, 4.69) is 31.6 Å². The van der Waals surface area contributed by atoms with E-state index in [0.717, 1.165) is 42.2 Å². The van der Waals surface area contributed by atoms with Gasteiger partial charge in [0.2, 0.25) is 0 Å². The van der Waals surface area contributed by atoms with Crippen LogP contribution in [0, 0.1) is 0 Å². The van der Waals surface area contributed by atoms with Gasteiger partial charge in [0.05, 0.1) is 5.56 Å². The Bertz CT molecular complexity index is 812. The van der Waals surface area contributed by atoms with Crippen molar-refractivity contribution in [2.45, 2.75) is 38.5 Å². The predicted octanol–water partition coefficient (Wildman–Crippen LogP) is 3.96. The molecular formula is C21H26F3N5. The summed E-state index contributed by atoms with van der Waals surface area (Å²) in [4.78, 5) is 11.0. The number of nitrogens with one attached hydrogen (secondary N) is 2. The highest BCUT2D eigenvalue weighted by Crippen LogP contribution is 2.29. The van der Waals surface area contributed by atoms with Crippen LogP contribution in [0.2, 0.25) is 0 Å². The summed E-state index contributed by atoms with van der Waals surface area (Å²) < 4.78 is 37.9. The zero-order valence-electron chi connectivity index (χ0n) is 16.5. The number of pyridine rings is 1. The molecule has 0 bridgehead atoms. The van der Waals surface area contributed by atoms with Crippen LogP contribution < -0.4 is 15.5 Å². The fourth-order valence-electron chi connectivity index (χ4n) is 3.27. The van der Waals surface area contributed by atoms with Gasteiger partial charge in [0.1, 0.15) is 5.82 Å². The van der Waals surface area contributed by atoms with E-state index in [1.807, 2.05) is 12.3 Å². The molecule has 0 aliphatic carbocycles. The molecule has 1 aromatic heterocycles. The van der Waals surface area contributed by atoms with Gasteiger partial charge in [-0.1, -0.05) is 12.1 Å². The molecule has 1 saturated heterocycles. The summed E-state index contributed by atoms with van der Waals surface area (Å²) >= 11 is 0. The molecule has 0 saturated carbocycles. The Kier molecular flexibility index (Phi) is 6.95. The second-order valence-corrected chi connectivity index (χ2v) is 7.04. The molecule has 2 N–H and O–H groups in total. The van der Waals surface area contributed by atoms with Gasteiger partial charge in [-0.15, -0.1) is 0 Å². The molecule has 1 fully saturated rings. The quantitative estimate of drug-likeness (QED) is 0.584. The van der Waals surface area contributed by atoms with E-state index >= 15 is 0 Å². The Hall–Kier alpha value is -2.77. The lowest BCUT2D eigenvalue weighted by molar-refractivity contribution is -0.137. The summed E-state index contributed by atoms with van der Waals surface area (Å²) in [5.74, 6) is 1.58. The number of hydrogen-bond donors (Lipinski definition) is 2. The number of aliphatic imine (C=N–C) groups is 1. The summed E-state index contributed by atoms with van der Waals surface area (Å²) in [7, 11) is 1.66. The first-order valence-corrected chi connectivity index (χ1v) is 9.76. The normalized spacial score (nSPS) is 15.3. The zero-order chi connectivity index (χ0) is 20.7. The predicted molar refractivity (Wildman–Crippen MR) is 109 cm³/mol. The summed E-state index contributed by atoms with van der Waals surface area (Å²) in [6.07, 6.45) is 1.18. The van der Waals surface area contributed by atoms with Gasteiger partial charge < -0.3 is 15.5 Å². The highest BCUT2D eigenvalue weighted by atomic mass is 19.4. The second kappa shape index (κ2) is 9.62. The minimum atomic E-state index is -4.32. The largest absolute Gasteiger partial charge is 0.416 e. The molecule has 3 rings (SSSR count). The first-order valence-electron chi connectivity index (χ1n) is 9.76. The van der Waals surface area contributed by atoms with Crippen molar-refractivity contribution >= 4 is 11.8 Å². The number of halogens is 3. The molecule has 156 valence electrons. The van der Waals surface area contributed by atoms with Crippen molar-refractivity contribution in [2.24, 2.45) is 4.99 Å². The summed E-state index contributed by atoms with van der Waals surface area (Å²) in [5, 5.41) is 6.36. The maximum atomic E-state index is 12.6. The Morgan fingerprint density at radius 1 is 1.00 bits per heavy atom. The van der Waals surface area contributed by atoms with Gasteiger partial charge in [-0.05, 0) is 54.7 Å². The smallest absolute Gasteiger partial charge is 0.357 e. The monoisotopic (exact) mass is 405 g/mol. The molecule has 0 atom stereocenters. The highest BCUT2D eigenvalue weighted by Gasteiger charge is 2.29. The van der Waals surface area contributed by atoms with E-state index in [4.69, 9.17) is 0 Å². The van der Waals surface area contributed by atoms with Crippen molar-refractivity contribution in [1.29, 1.82) is 0 Å². The van der Waals surface area contributed by atoms with Crippen molar-refractivity contribution in [3.8, 4) is 0 Å². The number of hydrogen-bond acceptors (Lipinski definition) is 3. The third kappa shape index (κ3) is 6.10. The topological polar surface area (TPSA) is 52.6 Å². The Morgan fingerprint density at radius 3 is 2.28 bits per heavy atom. The molecule has 2 aromatic rings. The molecule has 0 amide bonds. The Labute approximate surface area is 169 Å². The number of nitrogens with zero attached hydrogens (tertiary/aromatic N) is 3. The van der Waals surface area contributed by atoms with Crippen LogP contribution in [0.15, 0.2) is 47.6 Å². The van der Waals surface area contributed by atoms with Crippen molar-refractivity contribution in [2.75, 3.05) is 25.0 Å². The molecule has 0 spiro atoms. The van der Waals surface area contributed by atoms with Crippen molar-refractivity contribution < 1.29 is 13.2 Å². The van der Waals surface area contributed by atoms with Gasteiger partial charge in [-0.3, -0.25) is 4.99 Å². The van der Waals surface area contributed by atoms with Crippen LogP contribution in [0.3, 0.4) is 0 Å². The number of guanidine groups is 1. The van der Waals surface area contributed by atoms with Crippen LogP contribution in [0.4, 0.5) is 19.0 Å². The number of benzene rings is 1. The first kappa shape index (κ1) is 21.0. The Balaban J connectivity index is 1.51. The van der Waals surface area contributed by atoms with Gasteiger partial charge in [0, 0.05) is 39.4 Å². The van der Waals surface area contributed by atoms with E-state index < -0.39 is 11.7 Å². The molecule has 1 aromatic carbocycles. The number of piperidine rings is 1. The molecule has 0 unspecified atom stereocenters. The van der Waals surface area contributed by atoms with E-state index in [-0.39, 0.29) is 0 Å². The van der Waals surface area contributed by atoms with E-state index in [9.17, 15) is 13.2 Å². The molecule has 8 heteroatoms. The summed E-state index contributed by atoms with van der Waals surface area (Å²) in [5.41, 5.74) is 1.20. The fourth-order valence-corrected chi connectivity index (χ4v) is 3.27. The van der Waals surface area contributed by atoms with Gasteiger partial charge in [-0.25, -0.2) is 4.98 Å². The standard InChI is InChI=1S/C21H26F3N5/c1-25-20(27-14-16-5-7-18(8-6-16)21(22,23)24)28-15-17-9-10-26-19(13-17)29-11-3-2-4-12-29/h5-10,13H,2-4,11-12,14-15H2,1H3,(H2,25,27,28). The maximum Gasteiger partial charge on any atom is 0.416 e. The molecule has 2 heterocycles. The van der Waals surface area contributed by atoms with E-state index in [0.29, 0.717) is 19.0 Å². The van der Waals surface area contributed by atoms with Crippen LogP contribution in [0.5, 0.6) is 0 Å². The van der Waals surface area contributed by atoms with E-state index in [1.54, 1.807) is 7.05 Å². The molecule has 1 aliphatic rings. The minimum absolute atomic E-state index is 0.382. The first-order chi connectivity index (χ1) is 14.0. The van der Waals surface area contributed by atoms with Gasteiger partial charge >= 0.3 is 6.18 Å². The Morgan fingerprint density at radius 2 is 1.66 bits per heavy atom. The average Bonchev–Trinajstić information content (AvgIpc) is 2.74. The number of alkyl halides is 3. The third-order valence-corrected chi connectivity index (χ3v) is 4.91. The average molecular weight is 405 g/mol. The van der Waals surface area contributed by atoms with Gasteiger partial charge in [0.15, 0.2) is 5.96 Å². The second-order valence-electron chi connectivity index (χ2n) is 7.04. The fraction of sp³-hybridized carbons (Fsp3) is 0.429. The molecule has 1 aliphatic heterocycles. The number of rotatable bonds is 5. The summed E-state index contributed by atoms with van der Waals surface area (Å²) in [6.45, 7) is 3.05. The molecule has 0 radical (unpaired) electrons. The number of anilines is 1. The lowest BCUT2D eigenvalue weighted by Crippen LogP contribution is -2.36. The SMILES string of the molecule is CN=C(NCc1ccc(C(F)(F)F)cc1)NCc1ccnc(N2CCCCC2)c1. The highest BCUT2D eigenvalue weighted by molar-refractivity contribution is 5.79. The van der Waals surface area contributed by atoms with Crippen molar-refractivity contribution in [3.63, 3.8) is 0 Å². The van der Waals surface area contributed by atoms with E-state index in [1.165, 1.54) is 31.4 Å². The lowest BCUT2D eigenvalue weighted by Gasteiger charge is -2.28. The van der Waals surface area contributed by atoms with Crippen molar-refractivity contribution in [1.82, 2.24) is 15.6 Å². The number of aromatic nitrogens is 1. The lowest BCUT2D eigenvalue weighted by atomic mass is 10.1. The van der Waals surface area contributed by atoms with Crippen LogP contribution in [-0.2, 0) is 19.3 Å².